The quantitative estimate of drug-likeness (QED) is 0.0987. The molecule has 0 heterocycles. The molecule has 25 heavy (non-hydrogen) atoms. The predicted octanol–water partition coefficient (Wildman–Crippen LogP) is 7.74. The van der Waals surface area contributed by atoms with Crippen LogP contribution in [0.25, 0.3) is 0 Å². The van der Waals surface area contributed by atoms with E-state index in [0.717, 1.165) is 24.6 Å². The maximum absolute atomic E-state index is 11.8. The van der Waals surface area contributed by atoms with Crippen LogP contribution >= 0.6 is 15.9 Å². The van der Waals surface area contributed by atoms with Gasteiger partial charge < -0.3 is 4.74 Å². The van der Waals surface area contributed by atoms with Crippen LogP contribution in [0, 0.1) is 0 Å². The summed E-state index contributed by atoms with van der Waals surface area (Å²) in [6, 6.07) is 0. The van der Waals surface area contributed by atoms with Crippen LogP contribution in [0.15, 0.2) is 12.2 Å². The van der Waals surface area contributed by atoms with E-state index in [9.17, 15) is 4.79 Å². The van der Waals surface area contributed by atoms with E-state index in [1.54, 1.807) is 6.08 Å². The molecule has 0 spiro atoms. The first kappa shape index (κ1) is 24.7. The Morgan fingerprint density at radius 1 is 0.880 bits per heavy atom. The average molecular weight is 417 g/mol. The molecule has 2 nitrogen and oxygen atoms in total. The van der Waals surface area contributed by atoms with E-state index < -0.39 is 0 Å². The zero-order valence-electron chi connectivity index (χ0n) is 16.7. The molecule has 0 aliphatic heterocycles. The number of carbonyl (C=O) groups excluding carboxylic acids is 1. The van der Waals surface area contributed by atoms with Gasteiger partial charge in [0.1, 0.15) is 6.10 Å². The topological polar surface area (TPSA) is 26.3 Å². The van der Waals surface area contributed by atoms with Crippen LogP contribution in [0.5, 0.6) is 0 Å². The van der Waals surface area contributed by atoms with Gasteiger partial charge in [-0.25, -0.2) is 4.79 Å². The summed E-state index contributed by atoms with van der Waals surface area (Å²) in [4.78, 5) is 11.8. The molecule has 3 heteroatoms. The minimum absolute atomic E-state index is 0.0937. The van der Waals surface area contributed by atoms with Crippen molar-refractivity contribution in [1.29, 1.82) is 0 Å². The number of alkyl halides is 1. The van der Waals surface area contributed by atoms with Gasteiger partial charge in [0.15, 0.2) is 0 Å². The molecule has 0 saturated heterocycles. The fourth-order valence-corrected chi connectivity index (χ4v) is 3.34. The number of hydrogen-bond acceptors (Lipinski definition) is 2. The molecule has 0 N–H and O–H groups in total. The van der Waals surface area contributed by atoms with Crippen LogP contribution < -0.4 is 0 Å². The van der Waals surface area contributed by atoms with E-state index in [-0.39, 0.29) is 12.1 Å². The lowest BCUT2D eigenvalue weighted by Gasteiger charge is -2.14. The Morgan fingerprint density at radius 2 is 1.48 bits per heavy atom. The van der Waals surface area contributed by atoms with E-state index >= 15 is 0 Å². The monoisotopic (exact) mass is 416 g/mol. The van der Waals surface area contributed by atoms with Crippen molar-refractivity contribution in [2.24, 2.45) is 0 Å². The Balaban J connectivity index is 3.60. The minimum atomic E-state index is -0.158. The van der Waals surface area contributed by atoms with Crippen LogP contribution in [-0.2, 0) is 9.53 Å². The molecule has 0 aliphatic carbocycles. The molecule has 0 aliphatic rings. The van der Waals surface area contributed by atoms with E-state index in [1.807, 2.05) is 6.08 Å². The molecule has 0 rings (SSSR count). The number of halogens is 1. The smallest absolute Gasteiger partial charge is 0.330 e. The zero-order chi connectivity index (χ0) is 18.6. The van der Waals surface area contributed by atoms with E-state index in [0.29, 0.717) is 0 Å². The normalized spacial score (nSPS) is 12.6. The molecule has 0 saturated carbocycles. The second-order valence-corrected chi connectivity index (χ2v) is 7.82. The van der Waals surface area contributed by atoms with Crippen LogP contribution in [0.1, 0.15) is 110 Å². The average Bonchev–Trinajstić information content (AvgIpc) is 2.62. The van der Waals surface area contributed by atoms with E-state index in [1.165, 1.54) is 77.0 Å². The number of esters is 1. The highest BCUT2D eigenvalue weighted by Crippen LogP contribution is 2.14. The number of carbonyl (C=O) groups is 1. The number of rotatable bonds is 18. The largest absolute Gasteiger partial charge is 0.459 e. The number of allylic oxidation sites excluding steroid dienone is 1. The van der Waals surface area contributed by atoms with Gasteiger partial charge >= 0.3 is 5.97 Å². The minimum Gasteiger partial charge on any atom is -0.459 e. The molecule has 0 amide bonds. The van der Waals surface area contributed by atoms with Gasteiger partial charge in [-0.15, -0.1) is 0 Å². The third-order valence-electron chi connectivity index (χ3n) is 4.63. The van der Waals surface area contributed by atoms with E-state index in [2.05, 4.69) is 29.8 Å². The van der Waals surface area contributed by atoms with E-state index in [4.69, 9.17) is 4.74 Å². The molecular weight excluding hydrogens is 376 g/mol. The second kappa shape index (κ2) is 20.0. The molecule has 0 fully saturated rings. The van der Waals surface area contributed by atoms with Crippen molar-refractivity contribution in [2.45, 2.75) is 116 Å². The van der Waals surface area contributed by atoms with Crippen molar-refractivity contribution in [3.8, 4) is 0 Å². The summed E-state index contributed by atoms with van der Waals surface area (Å²) in [5.74, 6) is -0.158. The van der Waals surface area contributed by atoms with Gasteiger partial charge in [-0.1, -0.05) is 93.6 Å². The standard InChI is InChI=1S/C22H41BrO2/c1-3-5-6-7-13-16-19-22(24)25-21(4-2)18-15-12-10-8-9-11-14-17-20-23/h16,19,21H,3-15,17-18,20H2,1-2H3/b19-16+. The van der Waals surface area contributed by atoms with Crippen LogP contribution in [0.2, 0.25) is 0 Å². The Kier molecular flexibility index (Phi) is 19.8. The third kappa shape index (κ3) is 18.3. The molecule has 1 unspecified atom stereocenters. The van der Waals surface area contributed by atoms with Gasteiger partial charge in [-0.3, -0.25) is 0 Å². The molecule has 0 bridgehead atoms. The first-order valence-corrected chi connectivity index (χ1v) is 11.8. The van der Waals surface area contributed by atoms with Gasteiger partial charge in [0.2, 0.25) is 0 Å². The van der Waals surface area contributed by atoms with Crippen molar-refractivity contribution in [3.63, 3.8) is 0 Å². The summed E-state index contributed by atoms with van der Waals surface area (Å²) in [5, 5.41) is 1.14. The summed E-state index contributed by atoms with van der Waals surface area (Å²) < 4.78 is 5.57. The van der Waals surface area contributed by atoms with Crippen LogP contribution in [0.3, 0.4) is 0 Å². The molecular formula is C22H41BrO2. The summed E-state index contributed by atoms with van der Waals surface area (Å²) >= 11 is 3.48. The van der Waals surface area contributed by atoms with Gasteiger partial charge in [0.05, 0.1) is 0 Å². The van der Waals surface area contributed by atoms with Crippen molar-refractivity contribution >= 4 is 21.9 Å². The lowest BCUT2D eigenvalue weighted by Crippen LogP contribution is -2.15. The van der Waals surface area contributed by atoms with Gasteiger partial charge in [-0.2, -0.15) is 0 Å². The zero-order valence-corrected chi connectivity index (χ0v) is 18.3. The SMILES string of the molecule is CCCCCC/C=C/C(=O)OC(CC)CCCCCCCCCCBr. The molecule has 148 valence electrons. The molecule has 0 aromatic carbocycles. The third-order valence-corrected chi connectivity index (χ3v) is 5.19. The second-order valence-electron chi connectivity index (χ2n) is 7.02. The fourth-order valence-electron chi connectivity index (χ4n) is 2.95. The molecule has 0 aromatic heterocycles. The lowest BCUT2D eigenvalue weighted by molar-refractivity contribution is -0.143. The maximum Gasteiger partial charge on any atom is 0.330 e. The molecule has 0 aromatic rings. The van der Waals surface area contributed by atoms with Crippen molar-refractivity contribution in [1.82, 2.24) is 0 Å². The number of ether oxygens (including phenoxy) is 1. The van der Waals surface area contributed by atoms with Crippen molar-refractivity contribution in [3.05, 3.63) is 12.2 Å². The van der Waals surface area contributed by atoms with Gasteiger partial charge in [0.25, 0.3) is 0 Å². The summed E-state index contributed by atoms with van der Waals surface area (Å²) in [6.07, 6.45) is 22.1. The first-order valence-electron chi connectivity index (χ1n) is 10.7. The van der Waals surface area contributed by atoms with Crippen LogP contribution in [0.4, 0.5) is 0 Å². The van der Waals surface area contributed by atoms with Crippen molar-refractivity contribution in [2.75, 3.05) is 5.33 Å². The highest BCUT2D eigenvalue weighted by Gasteiger charge is 2.10. The highest BCUT2D eigenvalue weighted by atomic mass is 79.9. The van der Waals surface area contributed by atoms with Crippen LogP contribution in [-0.4, -0.2) is 17.4 Å². The maximum atomic E-state index is 11.8. The highest BCUT2D eigenvalue weighted by molar-refractivity contribution is 9.09. The Labute approximate surface area is 165 Å². The Morgan fingerprint density at radius 3 is 2.08 bits per heavy atom. The molecule has 1 atom stereocenters. The first-order chi connectivity index (χ1) is 12.2. The molecule has 0 radical (unpaired) electrons. The van der Waals surface area contributed by atoms with Gasteiger partial charge in [0, 0.05) is 11.4 Å². The van der Waals surface area contributed by atoms with Gasteiger partial charge in [-0.05, 0) is 38.5 Å². The lowest BCUT2D eigenvalue weighted by atomic mass is 10.0. The summed E-state index contributed by atoms with van der Waals surface area (Å²) in [5.41, 5.74) is 0. The Bertz CT molecular complexity index is 315. The fraction of sp³-hybridized carbons (Fsp3) is 0.864. The summed E-state index contributed by atoms with van der Waals surface area (Å²) in [7, 11) is 0. The summed E-state index contributed by atoms with van der Waals surface area (Å²) in [6.45, 7) is 4.32. The number of unbranched alkanes of at least 4 members (excludes halogenated alkanes) is 11. The predicted molar refractivity (Wildman–Crippen MR) is 113 cm³/mol. The number of hydrogen-bond donors (Lipinski definition) is 0. The Hall–Kier alpha value is -0.310. The van der Waals surface area contributed by atoms with Crippen molar-refractivity contribution < 1.29 is 9.53 Å².